The van der Waals surface area contributed by atoms with Gasteiger partial charge in [-0.1, -0.05) is 0 Å². The number of fused-ring (bicyclic) bond motifs is 1. The van der Waals surface area contributed by atoms with E-state index < -0.39 is 5.82 Å². The topological polar surface area (TPSA) is 40.2 Å². The van der Waals surface area contributed by atoms with Crippen molar-refractivity contribution in [2.45, 2.75) is 32.2 Å². The number of aromatic nitrogens is 1. The minimum absolute atomic E-state index is 0.0969. The monoisotopic (exact) mass is 456 g/mol. The van der Waals surface area contributed by atoms with E-state index in [0.29, 0.717) is 12.2 Å². The van der Waals surface area contributed by atoms with Crippen molar-refractivity contribution >= 4 is 33.8 Å². The number of nitrogens with zero attached hydrogens (tertiary/aromatic N) is 1. The number of benzene rings is 2. The third-order valence-corrected chi connectivity index (χ3v) is 4.92. The summed E-state index contributed by atoms with van der Waals surface area (Å²) in [7, 11) is 0. The number of ether oxygens (including phenoxy) is 1. The largest absolute Gasteiger partial charge is 0.454 e. The third-order valence-electron chi connectivity index (χ3n) is 4.08. The highest BCUT2D eigenvalue weighted by Crippen LogP contribution is 2.36. The van der Waals surface area contributed by atoms with Crippen molar-refractivity contribution < 1.29 is 13.5 Å². The Hall–Kier alpha value is -1.67. The van der Waals surface area contributed by atoms with Gasteiger partial charge < -0.3 is 10.5 Å². The predicted octanol–water partition coefficient (Wildman–Crippen LogP) is 5.58. The Morgan fingerprint density at radius 1 is 1.20 bits per heavy atom. The van der Waals surface area contributed by atoms with Crippen LogP contribution in [0.4, 0.5) is 8.78 Å². The molecule has 0 aliphatic heterocycles. The van der Waals surface area contributed by atoms with Gasteiger partial charge in [0.05, 0.1) is 28.4 Å². The van der Waals surface area contributed by atoms with Crippen LogP contribution in [-0.2, 0) is 6.42 Å². The zero-order valence-corrected chi connectivity index (χ0v) is 16.0. The summed E-state index contributed by atoms with van der Waals surface area (Å²) in [6.07, 6.45) is 4.23. The zero-order valence-electron chi connectivity index (χ0n) is 13.8. The lowest BCUT2D eigenvalue weighted by molar-refractivity contribution is 0.435. The molecular formula is C19H19F2IN2O. The quantitative estimate of drug-likeness (QED) is 0.492. The van der Waals surface area contributed by atoms with Crippen LogP contribution in [0, 0.1) is 11.6 Å². The van der Waals surface area contributed by atoms with Crippen LogP contribution in [0.1, 0.15) is 25.3 Å². The first-order valence-electron chi connectivity index (χ1n) is 8.13. The molecule has 1 heterocycles. The first-order chi connectivity index (χ1) is 12.0. The van der Waals surface area contributed by atoms with Gasteiger partial charge in [-0.3, -0.25) is 2.78 Å². The molecule has 0 radical (unpaired) electrons. The molecule has 1 atom stereocenters. The second kappa shape index (κ2) is 7.70. The second-order valence-corrected chi connectivity index (χ2v) is 7.19. The number of hydrogen-bond acceptors (Lipinski definition) is 2. The maximum absolute atomic E-state index is 14.7. The maximum atomic E-state index is 14.7. The van der Waals surface area contributed by atoms with Gasteiger partial charge in [0.25, 0.3) is 0 Å². The van der Waals surface area contributed by atoms with Gasteiger partial charge in [0.2, 0.25) is 0 Å². The normalized spacial score (nSPS) is 12.5. The number of halogens is 3. The van der Waals surface area contributed by atoms with Crippen LogP contribution in [0.25, 0.3) is 10.9 Å². The fraction of sp³-hybridized carbons (Fsp3) is 0.263. The highest BCUT2D eigenvalue weighted by atomic mass is 127. The van der Waals surface area contributed by atoms with Gasteiger partial charge in [-0.15, -0.1) is 0 Å². The lowest BCUT2D eigenvalue weighted by atomic mass is 10.0. The van der Waals surface area contributed by atoms with Crippen LogP contribution >= 0.6 is 22.9 Å². The summed E-state index contributed by atoms with van der Waals surface area (Å²) in [6, 6.07) is 9.10. The lowest BCUT2D eigenvalue weighted by Gasteiger charge is -2.15. The minimum Gasteiger partial charge on any atom is -0.454 e. The Kier molecular flexibility index (Phi) is 5.58. The average molecular weight is 456 g/mol. The molecule has 0 saturated heterocycles. The molecule has 2 aromatic carbocycles. The summed E-state index contributed by atoms with van der Waals surface area (Å²) in [5.74, 6) is -0.181. The molecule has 6 heteroatoms. The molecule has 3 aromatic rings. The van der Waals surface area contributed by atoms with Crippen LogP contribution in [-0.4, -0.2) is 8.82 Å². The van der Waals surface area contributed by atoms with Crippen LogP contribution in [0.2, 0.25) is 0 Å². The van der Waals surface area contributed by atoms with E-state index in [1.807, 2.05) is 22.0 Å². The molecule has 0 aliphatic carbocycles. The van der Waals surface area contributed by atoms with Crippen molar-refractivity contribution in [2.75, 3.05) is 0 Å². The number of aryl methyl sites for hydroxylation is 1. The molecule has 0 fully saturated rings. The summed E-state index contributed by atoms with van der Waals surface area (Å²) in [5, 5.41) is 0.956. The molecule has 25 heavy (non-hydrogen) atoms. The predicted molar refractivity (Wildman–Crippen MR) is 104 cm³/mol. The first-order valence-corrected chi connectivity index (χ1v) is 9.10. The zero-order chi connectivity index (χ0) is 18.0. The summed E-state index contributed by atoms with van der Waals surface area (Å²) in [6.45, 7) is 1.96. The van der Waals surface area contributed by atoms with Crippen molar-refractivity contribution in [3.8, 4) is 11.5 Å². The molecule has 0 saturated carbocycles. The molecule has 1 unspecified atom stereocenters. The molecule has 132 valence electrons. The van der Waals surface area contributed by atoms with E-state index in [1.165, 1.54) is 30.3 Å². The summed E-state index contributed by atoms with van der Waals surface area (Å²) in [5.41, 5.74) is 7.45. The van der Waals surface area contributed by atoms with Crippen molar-refractivity contribution in [1.29, 1.82) is 0 Å². The van der Waals surface area contributed by atoms with E-state index in [-0.39, 0.29) is 17.6 Å². The Morgan fingerprint density at radius 2 is 1.92 bits per heavy atom. The van der Waals surface area contributed by atoms with E-state index in [4.69, 9.17) is 10.5 Å². The van der Waals surface area contributed by atoms with Gasteiger partial charge in [-0.25, -0.2) is 8.78 Å². The molecule has 0 aliphatic rings. The van der Waals surface area contributed by atoms with Gasteiger partial charge in [-0.05, 0) is 56.5 Å². The molecular weight excluding hydrogens is 437 g/mol. The van der Waals surface area contributed by atoms with E-state index >= 15 is 0 Å². The van der Waals surface area contributed by atoms with E-state index in [1.54, 1.807) is 0 Å². The SMILES string of the molecule is CC(N)CCCc1c(Oc2ccc(F)cc2)c(F)cc2c1ccn2I. The Balaban J connectivity index is 2.02. The number of hydrogen-bond donors (Lipinski definition) is 1. The Labute approximate surface area is 159 Å². The fourth-order valence-electron chi connectivity index (χ4n) is 2.85. The van der Waals surface area contributed by atoms with E-state index in [0.717, 1.165) is 29.3 Å². The maximum Gasteiger partial charge on any atom is 0.168 e. The summed E-state index contributed by atoms with van der Waals surface area (Å²) >= 11 is 2.12. The fourth-order valence-corrected chi connectivity index (χ4v) is 3.41. The lowest BCUT2D eigenvalue weighted by Crippen LogP contribution is -2.14. The molecule has 1 aromatic heterocycles. The standard InChI is InChI=1S/C19H19F2IN2O/c1-12(23)3-2-4-16-15-9-10-24(22)18(15)11-17(21)19(16)25-14-7-5-13(20)6-8-14/h5-12H,2-4,23H2,1H3. The van der Waals surface area contributed by atoms with Crippen molar-refractivity contribution in [3.05, 3.63) is 59.8 Å². The van der Waals surface area contributed by atoms with Gasteiger partial charge >= 0.3 is 0 Å². The van der Waals surface area contributed by atoms with Crippen molar-refractivity contribution in [2.24, 2.45) is 5.73 Å². The van der Waals surface area contributed by atoms with Crippen LogP contribution in [0.15, 0.2) is 42.6 Å². The van der Waals surface area contributed by atoms with Gasteiger partial charge in [0, 0.05) is 29.3 Å². The molecule has 3 rings (SSSR count). The highest BCUT2D eigenvalue weighted by molar-refractivity contribution is 14.1. The highest BCUT2D eigenvalue weighted by Gasteiger charge is 2.18. The van der Waals surface area contributed by atoms with Crippen LogP contribution in [0.5, 0.6) is 11.5 Å². The number of nitrogens with two attached hydrogens (primary N) is 1. The Bertz CT molecular complexity index is 875. The van der Waals surface area contributed by atoms with Crippen molar-refractivity contribution in [1.82, 2.24) is 2.78 Å². The van der Waals surface area contributed by atoms with Crippen LogP contribution in [0.3, 0.4) is 0 Å². The number of rotatable bonds is 6. The molecule has 0 bridgehead atoms. The summed E-state index contributed by atoms with van der Waals surface area (Å²) in [4.78, 5) is 0. The summed E-state index contributed by atoms with van der Waals surface area (Å²) < 4.78 is 35.5. The van der Waals surface area contributed by atoms with E-state index in [2.05, 4.69) is 22.9 Å². The van der Waals surface area contributed by atoms with Crippen LogP contribution < -0.4 is 10.5 Å². The third kappa shape index (κ3) is 4.12. The molecule has 3 nitrogen and oxygen atoms in total. The van der Waals surface area contributed by atoms with Gasteiger partial charge in [0.1, 0.15) is 11.6 Å². The molecule has 0 spiro atoms. The molecule has 2 N–H and O–H groups in total. The Morgan fingerprint density at radius 3 is 2.60 bits per heavy atom. The van der Waals surface area contributed by atoms with E-state index in [9.17, 15) is 8.78 Å². The average Bonchev–Trinajstić information content (AvgIpc) is 2.92. The van der Waals surface area contributed by atoms with Gasteiger partial charge in [-0.2, -0.15) is 0 Å². The van der Waals surface area contributed by atoms with Gasteiger partial charge in [0.15, 0.2) is 11.6 Å². The van der Waals surface area contributed by atoms with Crippen molar-refractivity contribution in [3.63, 3.8) is 0 Å². The second-order valence-electron chi connectivity index (χ2n) is 6.15. The smallest absolute Gasteiger partial charge is 0.168 e. The molecule has 0 amide bonds. The minimum atomic E-state index is -0.427. The first kappa shape index (κ1) is 18.1.